The molecule has 0 aliphatic heterocycles. The first-order chi connectivity index (χ1) is 13.0. The number of aryl methyl sites for hydroxylation is 1. The second kappa shape index (κ2) is 10.4. The first kappa shape index (κ1) is 20.6. The lowest BCUT2D eigenvalue weighted by atomic mass is 10.2. The van der Waals surface area contributed by atoms with E-state index in [2.05, 4.69) is 5.32 Å². The normalized spacial score (nSPS) is 10.2. The van der Waals surface area contributed by atoms with E-state index in [9.17, 15) is 9.59 Å². The number of rotatable bonds is 9. The van der Waals surface area contributed by atoms with Crippen molar-refractivity contribution in [2.45, 2.75) is 19.8 Å². The molecule has 1 amide bonds. The molecule has 144 valence electrons. The number of ether oxygens (including phenoxy) is 3. The van der Waals surface area contributed by atoms with Crippen molar-refractivity contribution in [1.29, 1.82) is 0 Å². The minimum atomic E-state index is -0.448. The van der Waals surface area contributed by atoms with Gasteiger partial charge in [-0.25, -0.2) is 0 Å². The van der Waals surface area contributed by atoms with Crippen LogP contribution in [0.15, 0.2) is 42.5 Å². The smallest absolute Gasteiger partial charge is 0.306 e. The van der Waals surface area contributed by atoms with Crippen molar-refractivity contribution in [3.63, 3.8) is 0 Å². The molecule has 2 aromatic carbocycles. The number of esters is 1. The van der Waals surface area contributed by atoms with Gasteiger partial charge in [0.05, 0.1) is 13.7 Å². The Bertz CT molecular complexity index is 776. The molecule has 0 heterocycles. The Balaban J connectivity index is 1.62. The molecular weight excluding hydrogens is 370 g/mol. The summed E-state index contributed by atoms with van der Waals surface area (Å²) in [6.07, 6.45) is 0.656. The van der Waals surface area contributed by atoms with Crippen LogP contribution < -0.4 is 14.8 Å². The molecule has 2 aromatic rings. The van der Waals surface area contributed by atoms with E-state index in [4.69, 9.17) is 25.8 Å². The topological polar surface area (TPSA) is 73.9 Å². The summed E-state index contributed by atoms with van der Waals surface area (Å²) < 4.78 is 15.6. The maximum Gasteiger partial charge on any atom is 0.306 e. The van der Waals surface area contributed by atoms with Crippen LogP contribution in [0.4, 0.5) is 5.69 Å². The maximum atomic E-state index is 11.8. The highest BCUT2D eigenvalue weighted by atomic mass is 35.5. The Morgan fingerprint density at radius 3 is 2.44 bits per heavy atom. The molecule has 0 saturated heterocycles. The monoisotopic (exact) mass is 391 g/mol. The molecule has 0 fully saturated rings. The zero-order valence-corrected chi connectivity index (χ0v) is 16.0. The molecule has 0 aliphatic carbocycles. The van der Waals surface area contributed by atoms with Gasteiger partial charge in [-0.1, -0.05) is 11.6 Å². The van der Waals surface area contributed by atoms with Gasteiger partial charge in [-0.15, -0.1) is 0 Å². The van der Waals surface area contributed by atoms with E-state index in [-0.39, 0.29) is 13.0 Å². The van der Waals surface area contributed by atoms with Gasteiger partial charge < -0.3 is 19.5 Å². The van der Waals surface area contributed by atoms with Crippen molar-refractivity contribution in [2.75, 3.05) is 25.6 Å². The Morgan fingerprint density at radius 1 is 1.07 bits per heavy atom. The van der Waals surface area contributed by atoms with Gasteiger partial charge in [0.2, 0.25) is 0 Å². The van der Waals surface area contributed by atoms with Gasteiger partial charge in [-0.2, -0.15) is 0 Å². The summed E-state index contributed by atoms with van der Waals surface area (Å²) in [5.74, 6) is 0.539. The number of benzene rings is 2. The van der Waals surface area contributed by atoms with Crippen LogP contribution in [-0.2, 0) is 14.3 Å². The summed E-state index contributed by atoms with van der Waals surface area (Å²) in [6, 6.07) is 12.2. The highest BCUT2D eigenvalue weighted by Crippen LogP contribution is 2.21. The van der Waals surface area contributed by atoms with E-state index >= 15 is 0 Å². The highest BCUT2D eigenvalue weighted by Gasteiger charge is 2.08. The quantitative estimate of drug-likeness (QED) is 0.516. The van der Waals surface area contributed by atoms with Gasteiger partial charge >= 0.3 is 5.97 Å². The van der Waals surface area contributed by atoms with E-state index in [0.29, 0.717) is 35.2 Å². The fraction of sp³-hybridized carbons (Fsp3) is 0.300. The fourth-order valence-electron chi connectivity index (χ4n) is 2.20. The molecule has 6 nitrogen and oxygen atoms in total. The molecule has 0 atom stereocenters. The van der Waals surface area contributed by atoms with Gasteiger partial charge in [0.25, 0.3) is 5.91 Å². The third-order valence-electron chi connectivity index (χ3n) is 3.66. The maximum absolute atomic E-state index is 11.8. The number of amides is 1. The van der Waals surface area contributed by atoms with Gasteiger partial charge in [0.15, 0.2) is 6.61 Å². The van der Waals surface area contributed by atoms with Gasteiger partial charge in [0, 0.05) is 17.1 Å². The minimum absolute atomic E-state index is 0.169. The fourth-order valence-corrected chi connectivity index (χ4v) is 2.32. The van der Waals surface area contributed by atoms with E-state index in [1.165, 1.54) is 0 Å². The number of methoxy groups -OCH3 is 1. The number of carbonyl (C=O) groups excluding carboxylic acids is 2. The zero-order valence-electron chi connectivity index (χ0n) is 15.3. The molecule has 0 bridgehead atoms. The number of nitrogens with one attached hydrogen (secondary N) is 1. The van der Waals surface area contributed by atoms with Crippen molar-refractivity contribution in [2.24, 2.45) is 0 Å². The lowest BCUT2D eigenvalue weighted by Gasteiger charge is -2.09. The van der Waals surface area contributed by atoms with Crippen molar-refractivity contribution in [3.8, 4) is 11.5 Å². The number of anilines is 1. The third-order valence-corrected chi connectivity index (χ3v) is 4.09. The van der Waals surface area contributed by atoms with Crippen LogP contribution in [0.25, 0.3) is 0 Å². The summed E-state index contributed by atoms with van der Waals surface area (Å²) >= 11 is 5.95. The SMILES string of the molecule is COc1ccc(NC(=O)COC(=O)CCCOc2ccc(Cl)c(C)c2)cc1. The second-order valence-electron chi connectivity index (χ2n) is 5.80. The average molecular weight is 392 g/mol. The molecule has 0 aliphatic rings. The summed E-state index contributed by atoms with van der Waals surface area (Å²) in [6.45, 7) is 1.93. The summed E-state index contributed by atoms with van der Waals surface area (Å²) in [4.78, 5) is 23.5. The predicted octanol–water partition coefficient (Wildman–Crippen LogP) is 4.00. The molecule has 27 heavy (non-hydrogen) atoms. The minimum Gasteiger partial charge on any atom is -0.497 e. The average Bonchev–Trinajstić information content (AvgIpc) is 2.67. The molecular formula is C20H22ClNO5. The first-order valence-corrected chi connectivity index (χ1v) is 8.84. The lowest BCUT2D eigenvalue weighted by Crippen LogP contribution is -2.21. The molecule has 0 unspecified atom stereocenters. The van der Waals surface area contributed by atoms with Crippen LogP contribution >= 0.6 is 11.6 Å². The van der Waals surface area contributed by atoms with Gasteiger partial charge in [-0.3, -0.25) is 9.59 Å². The molecule has 0 aromatic heterocycles. The van der Waals surface area contributed by atoms with Crippen molar-refractivity contribution in [1.82, 2.24) is 0 Å². The molecule has 0 spiro atoms. The Kier molecular flexibility index (Phi) is 7.95. The Labute approximate surface area is 163 Å². The highest BCUT2D eigenvalue weighted by molar-refractivity contribution is 6.31. The Hall–Kier alpha value is -2.73. The van der Waals surface area contributed by atoms with E-state index in [1.54, 1.807) is 43.5 Å². The zero-order chi connectivity index (χ0) is 19.6. The molecule has 2 rings (SSSR count). The van der Waals surface area contributed by atoms with E-state index in [1.807, 2.05) is 13.0 Å². The van der Waals surface area contributed by atoms with Crippen LogP contribution in [0.1, 0.15) is 18.4 Å². The van der Waals surface area contributed by atoms with E-state index in [0.717, 1.165) is 5.56 Å². The molecule has 0 radical (unpaired) electrons. The van der Waals surface area contributed by atoms with Crippen LogP contribution in [0.5, 0.6) is 11.5 Å². The Morgan fingerprint density at radius 2 is 1.78 bits per heavy atom. The van der Waals surface area contributed by atoms with E-state index < -0.39 is 11.9 Å². The number of carbonyl (C=O) groups is 2. The largest absolute Gasteiger partial charge is 0.497 e. The van der Waals surface area contributed by atoms with Gasteiger partial charge in [-0.05, 0) is 61.4 Å². The number of hydrogen-bond acceptors (Lipinski definition) is 5. The number of halogens is 1. The summed E-state index contributed by atoms with van der Waals surface area (Å²) in [5, 5.41) is 3.32. The van der Waals surface area contributed by atoms with Crippen LogP contribution in [-0.4, -0.2) is 32.2 Å². The standard InChI is InChI=1S/C20H22ClNO5/c1-14-12-17(9-10-18(14)21)26-11-3-4-20(24)27-13-19(23)22-15-5-7-16(25-2)8-6-15/h5-10,12H,3-4,11,13H2,1-2H3,(H,22,23). The first-order valence-electron chi connectivity index (χ1n) is 8.46. The van der Waals surface area contributed by atoms with Crippen LogP contribution in [0.2, 0.25) is 5.02 Å². The molecule has 7 heteroatoms. The predicted molar refractivity (Wildman–Crippen MR) is 104 cm³/mol. The molecule has 0 saturated carbocycles. The molecule has 1 N–H and O–H groups in total. The van der Waals surface area contributed by atoms with Gasteiger partial charge in [0.1, 0.15) is 11.5 Å². The van der Waals surface area contributed by atoms with Crippen molar-refractivity contribution in [3.05, 3.63) is 53.1 Å². The lowest BCUT2D eigenvalue weighted by molar-refractivity contribution is -0.147. The second-order valence-corrected chi connectivity index (χ2v) is 6.21. The van der Waals surface area contributed by atoms with Crippen molar-refractivity contribution >= 4 is 29.2 Å². The van der Waals surface area contributed by atoms with Crippen molar-refractivity contribution < 1.29 is 23.8 Å². The third kappa shape index (κ3) is 7.19. The summed E-state index contributed by atoms with van der Waals surface area (Å²) in [5.41, 5.74) is 1.53. The number of hydrogen-bond donors (Lipinski definition) is 1. The summed E-state index contributed by atoms with van der Waals surface area (Å²) in [7, 11) is 1.56. The van der Waals surface area contributed by atoms with Crippen LogP contribution in [0.3, 0.4) is 0 Å². The van der Waals surface area contributed by atoms with Crippen LogP contribution in [0, 0.1) is 6.92 Å².